The van der Waals surface area contributed by atoms with Gasteiger partial charge in [0.2, 0.25) is 0 Å². The first-order valence-corrected chi connectivity index (χ1v) is 5.60. The highest BCUT2D eigenvalue weighted by Crippen LogP contribution is 2.59. The van der Waals surface area contributed by atoms with Crippen LogP contribution < -0.4 is 0 Å². The Labute approximate surface area is 88.7 Å². The molecule has 0 aromatic carbocycles. The van der Waals surface area contributed by atoms with Crippen LogP contribution in [0.15, 0.2) is 0 Å². The molecule has 6 atom stereocenters. The quantitative estimate of drug-likeness (QED) is 0.555. The molecule has 76 valence electrons. The van der Waals surface area contributed by atoms with Gasteiger partial charge in [0, 0.05) is 5.92 Å². The van der Waals surface area contributed by atoms with Crippen LogP contribution in [0.1, 0.15) is 6.42 Å². The number of alkyl halides is 1. The Morgan fingerprint density at radius 3 is 2.86 bits per heavy atom. The lowest BCUT2D eigenvalue weighted by Crippen LogP contribution is -2.37. The molecule has 0 amide bonds. The first kappa shape index (κ1) is 8.71. The molecule has 2 bridgehead atoms. The third-order valence-corrected chi connectivity index (χ3v) is 5.01. The largest absolute Gasteiger partial charge is 0.481 e. The van der Waals surface area contributed by atoms with Gasteiger partial charge in [-0.3, -0.25) is 9.59 Å². The standard InChI is InChI=1S/C9H9BrO4/c10-6-2-1-3-5(4(2)8(11)12)9(13)14-7(3)6/h2-7H,1H2,(H,11,12)/t2-,3+,4-,5+,6-,7-/m0/s1. The zero-order chi connectivity index (χ0) is 10.0. The number of carboxylic acids is 1. The van der Waals surface area contributed by atoms with Crippen molar-refractivity contribution in [1.82, 2.24) is 0 Å². The van der Waals surface area contributed by atoms with E-state index in [4.69, 9.17) is 9.84 Å². The fraction of sp³-hybridized carbons (Fsp3) is 0.778. The minimum atomic E-state index is -0.857. The first-order chi connectivity index (χ1) is 6.61. The summed E-state index contributed by atoms with van der Waals surface area (Å²) in [6.45, 7) is 0. The van der Waals surface area contributed by atoms with Crippen molar-refractivity contribution in [3.63, 3.8) is 0 Å². The Bertz CT molecular complexity index is 329. The molecule has 0 aromatic heterocycles. The average Bonchev–Trinajstić information content (AvgIpc) is 2.67. The second kappa shape index (κ2) is 2.51. The molecule has 0 spiro atoms. The summed E-state index contributed by atoms with van der Waals surface area (Å²) in [5.41, 5.74) is 0. The van der Waals surface area contributed by atoms with E-state index < -0.39 is 11.9 Å². The number of rotatable bonds is 1. The van der Waals surface area contributed by atoms with Gasteiger partial charge in [0.25, 0.3) is 0 Å². The van der Waals surface area contributed by atoms with Gasteiger partial charge in [0.05, 0.1) is 16.7 Å². The molecule has 1 saturated heterocycles. The molecule has 2 aliphatic carbocycles. The fourth-order valence-corrected chi connectivity index (χ4v) is 4.35. The van der Waals surface area contributed by atoms with Gasteiger partial charge in [0.15, 0.2) is 0 Å². The minimum Gasteiger partial charge on any atom is -0.481 e. The average molecular weight is 261 g/mol. The number of aliphatic carboxylic acids is 1. The van der Waals surface area contributed by atoms with Crippen LogP contribution in [0.25, 0.3) is 0 Å². The fourth-order valence-electron chi connectivity index (χ4n) is 3.31. The van der Waals surface area contributed by atoms with Crippen molar-refractivity contribution in [2.45, 2.75) is 17.4 Å². The van der Waals surface area contributed by atoms with E-state index in [1.165, 1.54) is 0 Å². The summed E-state index contributed by atoms with van der Waals surface area (Å²) in [6, 6.07) is 0. The van der Waals surface area contributed by atoms with E-state index in [2.05, 4.69) is 15.9 Å². The molecule has 0 radical (unpaired) electrons. The molecule has 14 heavy (non-hydrogen) atoms. The Kier molecular flexibility index (Phi) is 1.56. The summed E-state index contributed by atoms with van der Waals surface area (Å²) in [4.78, 5) is 22.5. The number of carbonyl (C=O) groups excluding carboxylic acids is 1. The number of esters is 1. The Hall–Kier alpha value is -0.580. The van der Waals surface area contributed by atoms with Crippen LogP contribution in [0.5, 0.6) is 0 Å². The zero-order valence-electron chi connectivity index (χ0n) is 7.22. The second-order valence-electron chi connectivity index (χ2n) is 4.30. The maximum absolute atomic E-state index is 11.4. The van der Waals surface area contributed by atoms with Gasteiger partial charge < -0.3 is 9.84 Å². The minimum absolute atomic E-state index is 0.0382. The molecule has 1 aliphatic heterocycles. The number of carbonyl (C=O) groups is 2. The lowest BCUT2D eigenvalue weighted by molar-refractivity contribution is -0.151. The zero-order valence-corrected chi connectivity index (χ0v) is 8.81. The summed E-state index contributed by atoms with van der Waals surface area (Å²) in [6.07, 6.45) is 0.738. The highest BCUT2D eigenvalue weighted by Gasteiger charge is 2.67. The normalized spacial score (nSPS) is 53.6. The molecule has 0 unspecified atom stereocenters. The van der Waals surface area contributed by atoms with Crippen molar-refractivity contribution in [3.8, 4) is 0 Å². The van der Waals surface area contributed by atoms with E-state index >= 15 is 0 Å². The Balaban J connectivity index is 2.04. The SMILES string of the molecule is O=C1O[C@@H]2[C@@H](Br)[C@H]3C[C@@H]2[C@@H]1[C@H]3C(=O)O. The van der Waals surface area contributed by atoms with Crippen molar-refractivity contribution in [3.05, 3.63) is 0 Å². The summed E-state index contributed by atoms with van der Waals surface area (Å²) < 4.78 is 5.18. The van der Waals surface area contributed by atoms with Crippen LogP contribution in [0.2, 0.25) is 0 Å². The van der Waals surface area contributed by atoms with Crippen LogP contribution in [-0.2, 0) is 14.3 Å². The van der Waals surface area contributed by atoms with Crippen molar-refractivity contribution in [2.75, 3.05) is 0 Å². The molecule has 1 N–H and O–H groups in total. The van der Waals surface area contributed by atoms with Gasteiger partial charge >= 0.3 is 11.9 Å². The number of carboxylic acid groups (broad SMARTS) is 1. The van der Waals surface area contributed by atoms with Crippen LogP contribution in [0.3, 0.4) is 0 Å². The van der Waals surface area contributed by atoms with Gasteiger partial charge in [-0.05, 0) is 12.3 Å². The molecular formula is C9H9BrO4. The summed E-state index contributed by atoms with van der Waals surface area (Å²) in [5, 5.41) is 9.06. The maximum atomic E-state index is 11.4. The molecule has 3 aliphatic rings. The summed E-state index contributed by atoms with van der Waals surface area (Å²) in [7, 11) is 0. The van der Waals surface area contributed by atoms with E-state index in [0.29, 0.717) is 0 Å². The summed E-state index contributed by atoms with van der Waals surface area (Å²) >= 11 is 3.44. The van der Waals surface area contributed by atoms with E-state index in [9.17, 15) is 9.59 Å². The third-order valence-electron chi connectivity index (χ3n) is 3.81. The predicted octanol–water partition coefficient (Wildman–Crippen LogP) is 0.642. The predicted molar refractivity (Wildman–Crippen MR) is 48.8 cm³/mol. The Morgan fingerprint density at radius 1 is 1.50 bits per heavy atom. The van der Waals surface area contributed by atoms with Crippen LogP contribution in [-0.4, -0.2) is 28.0 Å². The molecule has 4 nitrogen and oxygen atoms in total. The van der Waals surface area contributed by atoms with Crippen molar-refractivity contribution in [2.24, 2.45) is 23.7 Å². The first-order valence-electron chi connectivity index (χ1n) is 4.68. The second-order valence-corrected chi connectivity index (χ2v) is 5.36. The number of hydrogen-bond acceptors (Lipinski definition) is 3. The van der Waals surface area contributed by atoms with Crippen LogP contribution in [0.4, 0.5) is 0 Å². The van der Waals surface area contributed by atoms with Gasteiger partial charge in [-0.2, -0.15) is 0 Å². The van der Waals surface area contributed by atoms with Crippen molar-refractivity contribution >= 4 is 27.9 Å². The number of halogens is 1. The van der Waals surface area contributed by atoms with Gasteiger partial charge in [0.1, 0.15) is 6.10 Å². The summed E-state index contributed by atoms with van der Waals surface area (Å²) in [5.74, 6) is -1.87. The van der Waals surface area contributed by atoms with Gasteiger partial charge in [-0.15, -0.1) is 0 Å². The highest BCUT2D eigenvalue weighted by molar-refractivity contribution is 9.09. The number of ether oxygens (including phenoxy) is 1. The van der Waals surface area contributed by atoms with E-state index in [0.717, 1.165) is 6.42 Å². The molecule has 3 rings (SSSR count). The topological polar surface area (TPSA) is 63.6 Å². The van der Waals surface area contributed by atoms with Gasteiger partial charge in [-0.25, -0.2) is 0 Å². The molecule has 3 fully saturated rings. The van der Waals surface area contributed by atoms with E-state index in [-0.39, 0.29) is 34.7 Å². The van der Waals surface area contributed by atoms with Gasteiger partial charge in [-0.1, -0.05) is 15.9 Å². The van der Waals surface area contributed by atoms with Crippen LogP contribution in [0, 0.1) is 23.7 Å². The smallest absolute Gasteiger partial charge is 0.310 e. The third kappa shape index (κ3) is 0.798. The Morgan fingerprint density at radius 2 is 2.21 bits per heavy atom. The maximum Gasteiger partial charge on any atom is 0.310 e. The van der Waals surface area contributed by atoms with E-state index in [1.807, 2.05) is 0 Å². The number of hydrogen-bond donors (Lipinski definition) is 1. The lowest BCUT2D eigenvalue weighted by Gasteiger charge is -2.25. The van der Waals surface area contributed by atoms with Crippen molar-refractivity contribution < 1.29 is 19.4 Å². The highest BCUT2D eigenvalue weighted by atomic mass is 79.9. The molecule has 1 heterocycles. The number of fused-ring (bicyclic) bond motifs is 1. The lowest BCUT2D eigenvalue weighted by atomic mass is 9.80. The molecule has 5 heteroatoms. The monoisotopic (exact) mass is 260 g/mol. The van der Waals surface area contributed by atoms with E-state index in [1.54, 1.807) is 0 Å². The van der Waals surface area contributed by atoms with Crippen molar-refractivity contribution in [1.29, 1.82) is 0 Å². The van der Waals surface area contributed by atoms with Crippen LogP contribution >= 0.6 is 15.9 Å². The molecule has 2 saturated carbocycles. The molecular weight excluding hydrogens is 252 g/mol. The molecule has 0 aromatic rings.